The van der Waals surface area contributed by atoms with Gasteiger partial charge >= 0.3 is 66.4 Å². The van der Waals surface area contributed by atoms with Crippen LogP contribution in [0.2, 0.25) is 0 Å². The van der Waals surface area contributed by atoms with Gasteiger partial charge in [-0.2, -0.15) is 87.8 Å². The van der Waals surface area contributed by atoms with E-state index in [-0.39, 0.29) is 0 Å². The minimum Gasteiger partial charge on any atom is -0.398 e. The van der Waals surface area contributed by atoms with Crippen LogP contribution in [0.5, 0.6) is 0 Å². The highest BCUT2D eigenvalue weighted by molar-refractivity contribution is 5.01. The van der Waals surface area contributed by atoms with Crippen molar-refractivity contribution in [3.8, 4) is 0 Å². The van der Waals surface area contributed by atoms with Gasteiger partial charge in [0.15, 0.2) is 0 Å². The van der Waals surface area contributed by atoms with E-state index >= 15 is 0 Å². The van der Waals surface area contributed by atoms with Gasteiger partial charge in [0, 0.05) is 0 Å². The summed E-state index contributed by atoms with van der Waals surface area (Å²) in [6, 6.07) is -8.33. The fourth-order valence-electron chi connectivity index (χ4n) is 1.32. The van der Waals surface area contributed by atoms with E-state index in [1.165, 1.54) is 4.74 Å². The van der Waals surface area contributed by atoms with Crippen molar-refractivity contribution < 1.29 is 102 Å². The van der Waals surface area contributed by atoms with E-state index < -0.39 is 66.4 Å². The van der Waals surface area contributed by atoms with E-state index in [4.69, 9.17) is 0 Å². The smallest absolute Gasteiger partial charge is 0.398 e. The van der Waals surface area contributed by atoms with E-state index in [0.717, 1.165) is 0 Å². The lowest BCUT2D eigenvalue weighted by Crippen LogP contribution is -2.68. The first-order chi connectivity index (χ1) is 14.6. The molecule has 0 aliphatic heterocycles. The van der Waals surface area contributed by atoms with Gasteiger partial charge in [0.1, 0.15) is 0 Å². The largest absolute Gasteiger partial charge is 0.473 e. The number of hydrogen-bond acceptors (Lipinski definition) is 3. The normalized spacial score (nSPS) is 16.0. The summed E-state index contributed by atoms with van der Waals surface area (Å²) in [4.78, 5) is 0. The molecule has 0 aromatic carbocycles. The Balaban J connectivity index is 6.65. The molecule has 1 unspecified atom stereocenters. The van der Waals surface area contributed by atoms with Crippen molar-refractivity contribution in [2.45, 2.75) is 42.2 Å². The van der Waals surface area contributed by atoms with Crippen LogP contribution in [0.25, 0.3) is 0 Å². The Morgan fingerprint density at radius 1 is 0.412 bits per heavy atom. The lowest BCUT2D eigenvalue weighted by molar-refractivity contribution is -0.537. The van der Waals surface area contributed by atoms with Crippen LogP contribution in [0.1, 0.15) is 0 Å². The molecule has 202 valence electrons. The van der Waals surface area contributed by atoms with Crippen LogP contribution in [-0.4, -0.2) is 42.2 Å². The summed E-state index contributed by atoms with van der Waals surface area (Å²) in [5, 5.41) is 0. The monoisotopic (exact) mass is 560 g/mol. The van der Waals surface area contributed by atoms with Crippen molar-refractivity contribution in [2.75, 3.05) is 0 Å². The van der Waals surface area contributed by atoms with Crippen molar-refractivity contribution in [3.05, 3.63) is 24.2 Å². The number of hydrogen-bond donors (Lipinski definition) is 0. The maximum absolute atomic E-state index is 13.6. The number of halogens is 20. The zero-order valence-corrected chi connectivity index (χ0v) is 14.3. The van der Waals surface area contributed by atoms with Gasteiger partial charge in [-0.05, 0) is 0 Å². The molecule has 0 fully saturated rings. The molecule has 0 radical (unpaired) electrons. The van der Waals surface area contributed by atoms with Gasteiger partial charge in [0.25, 0.3) is 0 Å². The van der Waals surface area contributed by atoms with E-state index in [9.17, 15) is 87.8 Å². The van der Waals surface area contributed by atoms with Gasteiger partial charge in [-0.3, -0.25) is 4.74 Å². The molecule has 0 aromatic heterocycles. The van der Waals surface area contributed by atoms with Crippen molar-refractivity contribution in [1.29, 1.82) is 0 Å². The molecule has 1 atom stereocenters. The van der Waals surface area contributed by atoms with Crippen LogP contribution < -0.4 is 0 Å². The second-order valence-electron chi connectivity index (χ2n) is 5.17. The summed E-state index contributed by atoms with van der Waals surface area (Å²) in [6.07, 6.45) is -39.6. The van der Waals surface area contributed by atoms with Crippen LogP contribution in [0.15, 0.2) is 24.2 Å². The quantitative estimate of drug-likeness (QED) is 0.206. The van der Waals surface area contributed by atoms with E-state index in [0.29, 0.717) is 0 Å². The summed E-state index contributed by atoms with van der Waals surface area (Å²) in [5.74, 6) is -24.6. The van der Waals surface area contributed by atoms with E-state index in [2.05, 4.69) is 0 Å². The van der Waals surface area contributed by atoms with Crippen LogP contribution in [0.4, 0.5) is 87.8 Å². The maximum Gasteiger partial charge on any atom is 0.473 e. The fourth-order valence-corrected chi connectivity index (χ4v) is 1.32. The lowest BCUT2D eigenvalue weighted by atomic mass is 10.1. The summed E-state index contributed by atoms with van der Waals surface area (Å²) in [7, 11) is 0. The lowest BCUT2D eigenvalue weighted by Gasteiger charge is -2.39. The number of ether oxygens (including phenoxy) is 3. The van der Waals surface area contributed by atoms with Crippen molar-refractivity contribution in [3.63, 3.8) is 0 Å². The molecule has 0 spiro atoms. The number of rotatable bonds is 10. The molecule has 0 aliphatic carbocycles. The molecule has 0 heterocycles. The average Bonchev–Trinajstić information content (AvgIpc) is 2.58. The Kier molecular flexibility index (Phi) is 8.39. The van der Waals surface area contributed by atoms with Gasteiger partial charge < -0.3 is 9.47 Å². The third-order valence-corrected chi connectivity index (χ3v) is 2.87. The minimum absolute atomic E-state index is 1.23. The molecular weight excluding hydrogens is 560 g/mol. The van der Waals surface area contributed by atoms with Crippen LogP contribution in [0.3, 0.4) is 0 Å². The average molecular weight is 560 g/mol. The van der Waals surface area contributed by atoms with Gasteiger partial charge in [-0.25, -0.2) is 0 Å². The Bertz CT molecular complexity index is 803. The molecule has 0 N–H and O–H groups in total. The molecule has 0 amide bonds. The second kappa shape index (κ2) is 9.02. The first-order valence-corrected chi connectivity index (χ1v) is 6.75. The highest BCUT2D eigenvalue weighted by atomic mass is 19.4. The second-order valence-corrected chi connectivity index (χ2v) is 5.17. The third kappa shape index (κ3) is 5.47. The first kappa shape index (κ1) is 31.6. The summed E-state index contributed by atoms with van der Waals surface area (Å²) < 4.78 is 258. The molecule has 0 saturated heterocycles. The van der Waals surface area contributed by atoms with Crippen LogP contribution in [-0.2, 0) is 14.2 Å². The summed E-state index contributed by atoms with van der Waals surface area (Å²) in [5.41, 5.74) is 0. The maximum atomic E-state index is 13.6. The molecule has 0 bridgehead atoms. The molecule has 0 aliphatic rings. The Labute approximate surface area is 170 Å². The van der Waals surface area contributed by atoms with Crippen molar-refractivity contribution in [1.82, 2.24) is 0 Å². The molecule has 3 nitrogen and oxygen atoms in total. The predicted octanol–water partition coefficient (Wildman–Crippen LogP) is 7.38. The van der Waals surface area contributed by atoms with E-state index in [1.54, 1.807) is 9.47 Å². The molecule has 0 rings (SSSR count). The van der Waals surface area contributed by atoms with E-state index in [1.807, 2.05) is 0 Å². The fraction of sp³-hybridized carbons (Fsp3) is 0.636. The molecule has 0 aromatic rings. The zero-order valence-electron chi connectivity index (χ0n) is 14.3. The highest BCUT2D eigenvalue weighted by Gasteiger charge is 2.88. The standard InChI is InChI=1S/C11F20O3/c12-1(13)3(16)32-9(26,27)5(18,19)6(20,21)10(28,29)34-7(22,8(23,24)25)11(30,31)33-4(17)2(14)15. The Morgan fingerprint density at radius 2 is 0.706 bits per heavy atom. The minimum atomic E-state index is -8.41. The van der Waals surface area contributed by atoms with Crippen molar-refractivity contribution >= 4 is 0 Å². The Hall–Kier alpha value is -2.36. The SMILES string of the molecule is FC(F)=C(F)OC(F)(F)C(F)(F)C(F)(F)C(F)(F)OC(F)(C(F)(F)F)C(F)(F)OC(F)=C(F)F. The van der Waals surface area contributed by atoms with Crippen LogP contribution >= 0.6 is 0 Å². The highest BCUT2D eigenvalue weighted by Crippen LogP contribution is 2.58. The van der Waals surface area contributed by atoms with Gasteiger partial charge in [-0.15, -0.1) is 0 Å². The zero-order chi connectivity index (χ0) is 27.9. The molecule has 34 heavy (non-hydrogen) atoms. The first-order valence-electron chi connectivity index (χ1n) is 6.75. The van der Waals surface area contributed by atoms with Crippen LogP contribution in [0, 0.1) is 0 Å². The predicted molar refractivity (Wildman–Crippen MR) is 58.6 cm³/mol. The van der Waals surface area contributed by atoms with Gasteiger partial charge in [0.2, 0.25) is 0 Å². The number of alkyl halides is 14. The molecule has 0 saturated carbocycles. The Morgan fingerprint density at radius 3 is 1.00 bits per heavy atom. The van der Waals surface area contributed by atoms with Gasteiger partial charge in [-0.1, -0.05) is 0 Å². The molecular formula is C11F20O3. The molecule has 23 heteroatoms. The summed E-state index contributed by atoms with van der Waals surface area (Å²) in [6.45, 7) is 0. The summed E-state index contributed by atoms with van der Waals surface area (Å²) >= 11 is 0. The third-order valence-electron chi connectivity index (χ3n) is 2.87. The topological polar surface area (TPSA) is 27.7 Å². The van der Waals surface area contributed by atoms with Crippen molar-refractivity contribution in [2.24, 2.45) is 0 Å². The van der Waals surface area contributed by atoms with Gasteiger partial charge in [0.05, 0.1) is 0 Å².